The fourth-order valence-corrected chi connectivity index (χ4v) is 1.03. The zero-order chi connectivity index (χ0) is 16.9. The number of ether oxygens (including phenoxy) is 2. The quantitative estimate of drug-likeness (QED) is 0.574. The molecular weight excluding hydrogens is 232 g/mol. The van der Waals surface area contributed by atoms with Crippen molar-refractivity contribution in [1.29, 1.82) is 0 Å². The number of hydrogen-bond donors (Lipinski definition) is 0. The van der Waals surface area contributed by atoms with Gasteiger partial charge in [0.05, 0.1) is 16.6 Å². The first-order chi connectivity index (χ1) is 10.4. The van der Waals surface area contributed by atoms with Gasteiger partial charge in [0.15, 0.2) is 0 Å². The molecule has 0 aliphatic heterocycles. The molecule has 4 nitrogen and oxygen atoms in total. The molecule has 0 heterocycles. The standard InChI is InChI=1S/C14H14O4/c1-3-9-17-13(15)11-7-5-6-8-12(11)14(16)18-10-4-2/h3-8H,1-2,9-10H2/i5D,6D,7D,8D. The first kappa shape index (κ1) is 8.69. The fourth-order valence-electron chi connectivity index (χ4n) is 1.03. The molecule has 18 heavy (non-hydrogen) atoms. The second-order valence-corrected chi connectivity index (χ2v) is 3.02. The van der Waals surface area contributed by atoms with Crippen molar-refractivity contribution in [2.75, 3.05) is 13.2 Å². The first-order valence-corrected chi connectivity index (χ1v) is 5.03. The van der Waals surface area contributed by atoms with Crippen LogP contribution < -0.4 is 0 Å². The van der Waals surface area contributed by atoms with Gasteiger partial charge < -0.3 is 9.47 Å². The van der Waals surface area contributed by atoms with Crippen LogP contribution in [0.4, 0.5) is 0 Å². The van der Waals surface area contributed by atoms with Crippen LogP contribution in [0.2, 0.25) is 0 Å². The highest BCUT2D eigenvalue weighted by Crippen LogP contribution is 2.12. The van der Waals surface area contributed by atoms with E-state index in [1.807, 2.05) is 0 Å². The molecule has 4 heteroatoms. The fraction of sp³-hybridized carbons (Fsp3) is 0.143. The highest BCUT2D eigenvalue weighted by Gasteiger charge is 2.18. The van der Waals surface area contributed by atoms with Crippen molar-refractivity contribution in [3.63, 3.8) is 0 Å². The van der Waals surface area contributed by atoms with Crippen molar-refractivity contribution in [2.24, 2.45) is 0 Å². The molecule has 0 radical (unpaired) electrons. The van der Waals surface area contributed by atoms with Gasteiger partial charge in [0.25, 0.3) is 0 Å². The molecule has 0 N–H and O–H groups in total. The topological polar surface area (TPSA) is 52.6 Å². The third-order valence-electron chi connectivity index (χ3n) is 1.76. The average Bonchev–Trinajstić information content (AvgIpc) is 2.51. The summed E-state index contributed by atoms with van der Waals surface area (Å²) in [6, 6.07) is -2.62. The Balaban J connectivity index is 3.50. The molecule has 0 spiro atoms. The number of benzene rings is 1. The lowest BCUT2D eigenvalue weighted by atomic mass is 10.1. The zero-order valence-electron chi connectivity index (χ0n) is 13.6. The second-order valence-electron chi connectivity index (χ2n) is 3.02. The summed E-state index contributed by atoms with van der Waals surface area (Å²) in [6.07, 6.45) is 2.58. The number of esters is 2. The van der Waals surface area contributed by atoms with Crippen LogP contribution >= 0.6 is 0 Å². The van der Waals surface area contributed by atoms with Crippen LogP contribution in [0, 0.1) is 0 Å². The van der Waals surface area contributed by atoms with Gasteiger partial charge in [0, 0.05) is 0 Å². The van der Waals surface area contributed by atoms with Gasteiger partial charge in [-0.2, -0.15) is 0 Å². The minimum atomic E-state index is -1.06. The lowest BCUT2D eigenvalue weighted by Gasteiger charge is -2.07. The van der Waals surface area contributed by atoms with Crippen molar-refractivity contribution < 1.29 is 24.5 Å². The number of rotatable bonds is 6. The van der Waals surface area contributed by atoms with Crippen molar-refractivity contribution >= 4 is 11.9 Å². The summed E-state index contributed by atoms with van der Waals surface area (Å²) < 4.78 is 40.2. The maximum Gasteiger partial charge on any atom is 0.339 e. The molecule has 0 saturated carbocycles. The summed E-state index contributed by atoms with van der Waals surface area (Å²) in [5, 5.41) is 0. The normalized spacial score (nSPS) is 12.4. The smallest absolute Gasteiger partial charge is 0.339 e. The SMILES string of the molecule is [2H]c1c([2H])c([2H])c(C(=O)OCC=C)c(C(=O)OCC=C)c1[2H]. The molecule has 1 aromatic rings. The minimum Gasteiger partial charge on any atom is -0.458 e. The summed E-state index contributed by atoms with van der Waals surface area (Å²) in [4.78, 5) is 24.0. The largest absolute Gasteiger partial charge is 0.458 e. The molecule has 94 valence electrons. The number of carbonyl (C=O) groups excluding carboxylic acids is 2. The van der Waals surface area contributed by atoms with E-state index < -0.39 is 47.2 Å². The highest BCUT2D eigenvalue weighted by molar-refractivity contribution is 6.03. The molecular formula is C14H14O4. The van der Waals surface area contributed by atoms with Gasteiger partial charge in [-0.15, -0.1) is 0 Å². The maximum atomic E-state index is 12.0. The summed E-state index contributed by atoms with van der Waals surface area (Å²) in [5.41, 5.74) is -1.14. The van der Waals surface area contributed by atoms with Gasteiger partial charge in [0.2, 0.25) is 0 Å². The van der Waals surface area contributed by atoms with Gasteiger partial charge in [-0.1, -0.05) is 37.4 Å². The molecule has 0 bridgehead atoms. The molecule has 1 aromatic carbocycles. The van der Waals surface area contributed by atoms with E-state index in [1.165, 1.54) is 12.2 Å². The Labute approximate surface area is 111 Å². The van der Waals surface area contributed by atoms with Crippen molar-refractivity contribution in [3.8, 4) is 0 Å². The van der Waals surface area contributed by atoms with Gasteiger partial charge >= 0.3 is 11.9 Å². The van der Waals surface area contributed by atoms with Crippen LogP contribution in [0.25, 0.3) is 0 Å². The van der Waals surface area contributed by atoms with E-state index >= 15 is 0 Å². The van der Waals surface area contributed by atoms with E-state index in [9.17, 15) is 9.59 Å². The maximum absolute atomic E-state index is 12.0. The van der Waals surface area contributed by atoms with Crippen LogP contribution in [0.3, 0.4) is 0 Å². The predicted octanol–water partition coefficient (Wildman–Crippen LogP) is 2.37. The Morgan fingerprint density at radius 1 is 1.06 bits per heavy atom. The zero-order valence-corrected chi connectivity index (χ0v) is 9.62. The third kappa shape index (κ3) is 3.59. The molecule has 0 saturated heterocycles. The van der Waals surface area contributed by atoms with Crippen molar-refractivity contribution in [3.05, 3.63) is 60.6 Å². The summed E-state index contributed by atoms with van der Waals surface area (Å²) in [5.74, 6) is -2.12. The molecule has 0 unspecified atom stereocenters. The Hall–Kier alpha value is -2.36. The van der Waals surface area contributed by atoms with E-state index in [0.29, 0.717) is 0 Å². The predicted molar refractivity (Wildman–Crippen MR) is 67.4 cm³/mol. The van der Waals surface area contributed by atoms with Gasteiger partial charge in [-0.3, -0.25) is 0 Å². The first-order valence-electron chi connectivity index (χ1n) is 7.03. The Morgan fingerprint density at radius 3 is 1.78 bits per heavy atom. The molecule has 0 fully saturated rings. The molecule has 1 rings (SSSR count). The van der Waals surface area contributed by atoms with Crippen LogP contribution in [-0.2, 0) is 9.47 Å². The summed E-state index contributed by atoms with van der Waals surface area (Å²) in [6.45, 7) is 6.40. The van der Waals surface area contributed by atoms with Crippen LogP contribution in [0.1, 0.15) is 26.2 Å². The Morgan fingerprint density at radius 2 is 1.44 bits per heavy atom. The molecule has 0 amide bonds. The van der Waals surface area contributed by atoms with E-state index in [2.05, 4.69) is 13.2 Å². The highest BCUT2D eigenvalue weighted by atomic mass is 16.5. The Bertz CT molecular complexity index is 585. The van der Waals surface area contributed by atoms with Crippen LogP contribution in [0.15, 0.2) is 49.5 Å². The van der Waals surface area contributed by atoms with E-state index in [-0.39, 0.29) is 13.2 Å². The number of carbonyl (C=O) groups is 2. The van der Waals surface area contributed by atoms with E-state index in [0.717, 1.165) is 0 Å². The lowest BCUT2D eigenvalue weighted by Crippen LogP contribution is -2.14. The van der Waals surface area contributed by atoms with Crippen molar-refractivity contribution in [2.45, 2.75) is 0 Å². The van der Waals surface area contributed by atoms with Gasteiger partial charge in [0.1, 0.15) is 13.2 Å². The van der Waals surface area contributed by atoms with Gasteiger partial charge in [-0.25, -0.2) is 9.59 Å². The van der Waals surface area contributed by atoms with Gasteiger partial charge in [-0.05, 0) is 12.1 Å². The van der Waals surface area contributed by atoms with E-state index in [1.54, 1.807) is 0 Å². The summed E-state index contributed by atoms with van der Waals surface area (Å²) in [7, 11) is 0. The average molecular weight is 250 g/mol. The monoisotopic (exact) mass is 250 g/mol. The minimum absolute atomic E-state index is 0.164. The number of hydrogen-bond acceptors (Lipinski definition) is 4. The third-order valence-corrected chi connectivity index (χ3v) is 1.76. The van der Waals surface area contributed by atoms with Crippen LogP contribution in [-0.4, -0.2) is 25.2 Å². The Kier molecular flexibility index (Phi) is 3.41. The molecule has 0 aliphatic rings. The molecule has 0 atom stereocenters. The van der Waals surface area contributed by atoms with E-state index in [4.69, 9.17) is 15.0 Å². The second kappa shape index (κ2) is 7.06. The van der Waals surface area contributed by atoms with Crippen LogP contribution in [0.5, 0.6) is 0 Å². The summed E-state index contributed by atoms with van der Waals surface area (Å²) >= 11 is 0. The molecule has 0 aromatic heterocycles. The molecule has 0 aliphatic carbocycles. The van der Waals surface area contributed by atoms with Crippen molar-refractivity contribution in [1.82, 2.24) is 0 Å². The lowest BCUT2D eigenvalue weighted by molar-refractivity contribution is 0.0503.